The highest BCUT2D eigenvalue weighted by Gasteiger charge is 2.26. The predicted molar refractivity (Wildman–Crippen MR) is 106 cm³/mol. The van der Waals surface area contributed by atoms with Crippen molar-refractivity contribution in [2.75, 3.05) is 13.1 Å². The number of carbonyl (C=O) groups is 3. The van der Waals surface area contributed by atoms with E-state index in [9.17, 15) is 14.4 Å². The molecule has 1 aromatic carbocycles. The topological polar surface area (TPSA) is 105 Å². The Morgan fingerprint density at radius 1 is 1.17 bits per heavy atom. The first-order valence-corrected chi connectivity index (χ1v) is 9.80. The lowest BCUT2D eigenvalue weighted by Crippen LogP contribution is -2.48. The highest BCUT2D eigenvalue weighted by Crippen LogP contribution is 2.13. The van der Waals surface area contributed by atoms with Gasteiger partial charge in [-0.25, -0.2) is 0 Å². The molecule has 29 heavy (non-hydrogen) atoms. The lowest BCUT2D eigenvalue weighted by Gasteiger charge is -2.33. The molecule has 2 heterocycles. The zero-order valence-electron chi connectivity index (χ0n) is 16.7. The minimum Gasteiger partial charge on any atom is -0.361 e. The van der Waals surface area contributed by atoms with Crippen LogP contribution in [0.4, 0.5) is 0 Å². The van der Waals surface area contributed by atoms with Gasteiger partial charge in [0, 0.05) is 43.2 Å². The van der Waals surface area contributed by atoms with E-state index < -0.39 is 0 Å². The summed E-state index contributed by atoms with van der Waals surface area (Å²) in [6, 6.07) is 10.3. The van der Waals surface area contributed by atoms with Crippen LogP contribution in [0.5, 0.6) is 0 Å². The van der Waals surface area contributed by atoms with Crippen molar-refractivity contribution in [1.82, 2.24) is 20.7 Å². The van der Waals surface area contributed by atoms with E-state index in [4.69, 9.17) is 4.52 Å². The fraction of sp³-hybridized carbons (Fsp3) is 0.429. The zero-order valence-corrected chi connectivity index (χ0v) is 16.7. The average molecular weight is 398 g/mol. The summed E-state index contributed by atoms with van der Waals surface area (Å²) >= 11 is 0. The van der Waals surface area contributed by atoms with Crippen LogP contribution in [0.2, 0.25) is 0 Å². The molecule has 0 bridgehead atoms. The number of likely N-dealkylation sites (tertiary alicyclic amines) is 1. The minimum atomic E-state index is -0.261. The summed E-state index contributed by atoms with van der Waals surface area (Å²) in [4.78, 5) is 38.7. The summed E-state index contributed by atoms with van der Waals surface area (Å²) in [5.41, 5.74) is 0.842. The summed E-state index contributed by atoms with van der Waals surface area (Å²) < 4.78 is 4.92. The van der Waals surface area contributed by atoms with Gasteiger partial charge in [0.1, 0.15) is 5.76 Å². The number of nitrogens with zero attached hydrogens (tertiary/aromatic N) is 2. The van der Waals surface area contributed by atoms with Crippen molar-refractivity contribution in [3.8, 4) is 0 Å². The van der Waals surface area contributed by atoms with Crippen LogP contribution in [0.15, 0.2) is 40.9 Å². The van der Waals surface area contributed by atoms with Crippen LogP contribution in [0.25, 0.3) is 0 Å². The Morgan fingerprint density at radius 2 is 1.86 bits per heavy atom. The van der Waals surface area contributed by atoms with Gasteiger partial charge in [-0.05, 0) is 38.8 Å². The number of piperidine rings is 1. The lowest BCUT2D eigenvalue weighted by molar-refractivity contribution is -0.132. The Labute approximate surface area is 169 Å². The van der Waals surface area contributed by atoms with E-state index in [0.29, 0.717) is 37.3 Å². The molecule has 2 N–H and O–H groups in total. The predicted octanol–water partition coefficient (Wildman–Crippen LogP) is 1.91. The maximum atomic E-state index is 12.5. The van der Waals surface area contributed by atoms with Gasteiger partial charge < -0.3 is 20.1 Å². The molecule has 2 aromatic rings. The summed E-state index contributed by atoms with van der Waals surface area (Å²) in [5, 5.41) is 9.51. The second-order valence-electron chi connectivity index (χ2n) is 7.40. The van der Waals surface area contributed by atoms with Gasteiger partial charge >= 0.3 is 0 Å². The van der Waals surface area contributed by atoms with Crippen molar-refractivity contribution < 1.29 is 18.9 Å². The molecular formula is C21H26N4O4. The highest BCUT2D eigenvalue weighted by atomic mass is 16.5. The van der Waals surface area contributed by atoms with Crippen LogP contribution >= 0.6 is 0 Å². The molecule has 8 nitrogen and oxygen atoms in total. The molecule has 0 radical (unpaired) electrons. The average Bonchev–Trinajstić information content (AvgIpc) is 3.15. The van der Waals surface area contributed by atoms with Crippen molar-refractivity contribution in [3.05, 3.63) is 53.4 Å². The number of hydrogen-bond acceptors (Lipinski definition) is 5. The van der Waals surface area contributed by atoms with E-state index in [1.165, 1.54) is 0 Å². The van der Waals surface area contributed by atoms with Gasteiger partial charge in [-0.1, -0.05) is 23.4 Å². The van der Waals surface area contributed by atoms with Crippen molar-refractivity contribution in [3.63, 3.8) is 0 Å². The van der Waals surface area contributed by atoms with Crippen molar-refractivity contribution in [1.29, 1.82) is 0 Å². The number of nitrogens with one attached hydrogen (secondary N) is 2. The Kier molecular flexibility index (Phi) is 6.64. The number of rotatable bonds is 6. The zero-order chi connectivity index (χ0) is 20.8. The summed E-state index contributed by atoms with van der Waals surface area (Å²) in [7, 11) is 0. The summed E-state index contributed by atoms with van der Waals surface area (Å²) in [5.74, 6) is 0.145. The molecule has 0 aliphatic carbocycles. The van der Waals surface area contributed by atoms with Gasteiger partial charge in [0.15, 0.2) is 5.69 Å². The van der Waals surface area contributed by atoms with Gasteiger partial charge in [0.2, 0.25) is 5.91 Å². The third kappa shape index (κ3) is 5.66. The second kappa shape index (κ2) is 9.36. The van der Waals surface area contributed by atoms with E-state index in [2.05, 4.69) is 15.8 Å². The number of hydrogen-bond donors (Lipinski definition) is 2. The molecule has 8 heteroatoms. The van der Waals surface area contributed by atoms with E-state index in [1.807, 2.05) is 13.0 Å². The quantitative estimate of drug-likeness (QED) is 0.773. The molecule has 0 saturated carbocycles. The largest absolute Gasteiger partial charge is 0.361 e. The van der Waals surface area contributed by atoms with E-state index in [0.717, 1.165) is 0 Å². The van der Waals surface area contributed by atoms with Crippen molar-refractivity contribution in [2.24, 2.45) is 0 Å². The molecule has 1 aliphatic heterocycles. The number of carbonyl (C=O) groups excluding carboxylic acids is 3. The van der Waals surface area contributed by atoms with Crippen molar-refractivity contribution in [2.45, 2.75) is 45.2 Å². The molecule has 0 spiro atoms. The minimum absolute atomic E-state index is 0.00115. The van der Waals surface area contributed by atoms with Gasteiger partial charge in [-0.3, -0.25) is 14.4 Å². The van der Waals surface area contributed by atoms with E-state index >= 15 is 0 Å². The molecule has 154 valence electrons. The molecule has 0 unspecified atom stereocenters. The Morgan fingerprint density at radius 3 is 2.48 bits per heavy atom. The third-order valence-electron chi connectivity index (χ3n) is 4.94. The second-order valence-corrected chi connectivity index (χ2v) is 7.40. The van der Waals surface area contributed by atoms with Crippen LogP contribution in [-0.2, 0) is 4.79 Å². The molecular weight excluding hydrogens is 372 g/mol. The Bertz CT molecular complexity index is 857. The molecule has 3 rings (SSSR count). The molecule has 3 amide bonds. The normalized spacial score (nSPS) is 15.6. The maximum Gasteiger partial charge on any atom is 0.273 e. The van der Waals surface area contributed by atoms with Gasteiger partial charge in [0.05, 0.1) is 0 Å². The standard InChI is InChI=1S/C21H26N4O4/c1-14(22-20(27)16-6-4-3-5-7-16)12-19(26)25-10-8-17(9-11-25)23-21(28)18-13-15(2)29-24-18/h3-7,13-14,17H,8-12H2,1-2H3,(H,22,27)(H,23,28)/t14-/m1/s1. The fourth-order valence-electron chi connectivity index (χ4n) is 3.34. The molecule has 1 saturated heterocycles. The van der Waals surface area contributed by atoms with Crippen LogP contribution < -0.4 is 10.6 Å². The SMILES string of the molecule is Cc1cc(C(=O)NC2CCN(C(=O)C[C@@H](C)NC(=O)c3ccccc3)CC2)no1. The van der Waals surface area contributed by atoms with Crippen LogP contribution in [-0.4, -0.2) is 53.0 Å². The Balaban J connectivity index is 1.41. The smallest absolute Gasteiger partial charge is 0.273 e. The van der Waals surface area contributed by atoms with Crippen LogP contribution in [0.3, 0.4) is 0 Å². The lowest BCUT2D eigenvalue weighted by atomic mass is 10.0. The maximum absolute atomic E-state index is 12.5. The first-order chi connectivity index (χ1) is 13.9. The van der Waals surface area contributed by atoms with Crippen molar-refractivity contribution >= 4 is 17.7 Å². The fourth-order valence-corrected chi connectivity index (χ4v) is 3.34. The molecule has 1 aromatic heterocycles. The number of aryl methyl sites for hydroxylation is 1. The number of amides is 3. The summed E-state index contributed by atoms with van der Waals surface area (Å²) in [6.07, 6.45) is 1.60. The van der Waals surface area contributed by atoms with E-state index in [1.54, 1.807) is 42.2 Å². The van der Waals surface area contributed by atoms with E-state index in [-0.39, 0.29) is 41.9 Å². The number of aromatic nitrogens is 1. The molecule has 1 fully saturated rings. The first-order valence-electron chi connectivity index (χ1n) is 9.80. The first kappa shape index (κ1) is 20.6. The third-order valence-corrected chi connectivity index (χ3v) is 4.94. The van der Waals surface area contributed by atoms with Gasteiger partial charge in [-0.15, -0.1) is 0 Å². The summed E-state index contributed by atoms with van der Waals surface area (Å²) in [6.45, 7) is 4.70. The molecule has 1 aliphatic rings. The highest BCUT2D eigenvalue weighted by molar-refractivity contribution is 5.94. The van der Waals surface area contributed by atoms with Gasteiger partial charge in [0.25, 0.3) is 11.8 Å². The number of benzene rings is 1. The van der Waals surface area contributed by atoms with Gasteiger partial charge in [-0.2, -0.15) is 0 Å². The van der Waals surface area contributed by atoms with Crippen LogP contribution in [0, 0.1) is 6.92 Å². The Hall–Kier alpha value is -3.16. The monoisotopic (exact) mass is 398 g/mol. The van der Waals surface area contributed by atoms with Crippen LogP contribution in [0.1, 0.15) is 52.8 Å². The molecule has 1 atom stereocenters.